The molecule has 3 heterocycles. The second-order valence-electron chi connectivity index (χ2n) is 8.42. The number of anilines is 2. The van der Waals surface area contributed by atoms with Gasteiger partial charge in [-0.25, -0.2) is 28.1 Å². The molecule has 1 saturated heterocycles. The number of hydrogen-bond donors (Lipinski definition) is 1. The molecule has 1 atom stereocenters. The number of benzene rings is 1. The smallest absolute Gasteiger partial charge is 0.266 e. The zero-order valence-corrected chi connectivity index (χ0v) is 19.6. The predicted octanol–water partition coefficient (Wildman–Crippen LogP) is 4.35. The molecule has 1 N–H and O–H groups in total. The fourth-order valence-corrected chi connectivity index (χ4v) is 4.20. The van der Waals surface area contributed by atoms with Crippen LogP contribution < -0.4 is 10.2 Å². The number of pyridine rings is 1. The van der Waals surface area contributed by atoms with Gasteiger partial charge in [0.05, 0.1) is 29.9 Å². The molecule has 0 aliphatic carbocycles. The molecule has 1 aliphatic heterocycles. The Morgan fingerprint density at radius 2 is 1.85 bits per heavy atom. The average Bonchev–Trinajstić information content (AvgIpc) is 2.82. The van der Waals surface area contributed by atoms with Crippen molar-refractivity contribution in [3.63, 3.8) is 0 Å². The molecule has 1 aromatic carbocycles. The van der Waals surface area contributed by atoms with Crippen LogP contribution in [-0.4, -0.2) is 66.3 Å². The van der Waals surface area contributed by atoms with Gasteiger partial charge in [-0.05, 0) is 19.9 Å². The Balaban J connectivity index is 1.59. The molecule has 2 aromatic heterocycles. The number of methoxy groups -OCH3 is 1. The molecular formula is C24H29F3N6O. The summed E-state index contributed by atoms with van der Waals surface area (Å²) in [5, 5.41) is 3.95. The van der Waals surface area contributed by atoms with Gasteiger partial charge < -0.3 is 15.0 Å². The van der Waals surface area contributed by atoms with Gasteiger partial charge >= 0.3 is 0 Å². The number of rotatable bonds is 8. The molecule has 0 bridgehead atoms. The van der Waals surface area contributed by atoms with E-state index in [-0.39, 0.29) is 5.56 Å². The normalized spacial score (nSPS) is 15.8. The minimum absolute atomic E-state index is 0.156. The van der Waals surface area contributed by atoms with E-state index in [1.165, 1.54) is 12.1 Å². The van der Waals surface area contributed by atoms with E-state index in [1.54, 1.807) is 27.2 Å². The third-order valence-electron chi connectivity index (χ3n) is 6.10. The van der Waals surface area contributed by atoms with Gasteiger partial charge in [0.2, 0.25) is 0 Å². The van der Waals surface area contributed by atoms with Crippen LogP contribution in [-0.2, 0) is 4.74 Å². The molecule has 0 saturated carbocycles. The minimum atomic E-state index is -2.88. The maximum absolute atomic E-state index is 14.7. The molecule has 1 unspecified atom stereocenters. The van der Waals surface area contributed by atoms with Gasteiger partial charge in [-0.3, -0.25) is 4.90 Å². The highest BCUT2D eigenvalue weighted by Crippen LogP contribution is 2.31. The molecule has 7 nitrogen and oxygen atoms in total. The topological polar surface area (TPSA) is 66.4 Å². The number of hydrogen-bond acceptors (Lipinski definition) is 7. The summed E-state index contributed by atoms with van der Waals surface area (Å²) in [5.41, 5.74) is 0.209. The first-order chi connectivity index (χ1) is 16.4. The summed E-state index contributed by atoms with van der Waals surface area (Å²) < 4.78 is 46.2. The third-order valence-corrected chi connectivity index (χ3v) is 6.10. The highest BCUT2D eigenvalue weighted by molar-refractivity contribution is 5.90. The summed E-state index contributed by atoms with van der Waals surface area (Å²) >= 11 is 0. The van der Waals surface area contributed by atoms with Crippen molar-refractivity contribution in [3.05, 3.63) is 53.2 Å². The van der Waals surface area contributed by atoms with E-state index in [1.807, 2.05) is 6.07 Å². The lowest BCUT2D eigenvalue weighted by atomic mass is 10.0. The van der Waals surface area contributed by atoms with Gasteiger partial charge in [0, 0.05) is 50.8 Å². The molecule has 3 aromatic rings. The summed E-state index contributed by atoms with van der Waals surface area (Å²) in [6.45, 7) is 8.58. The van der Waals surface area contributed by atoms with Crippen molar-refractivity contribution in [1.82, 2.24) is 19.9 Å². The quantitative estimate of drug-likeness (QED) is 0.521. The number of fused-ring (bicyclic) bond motifs is 1. The molecule has 0 amide bonds. The van der Waals surface area contributed by atoms with Crippen molar-refractivity contribution >= 4 is 22.5 Å². The first kappa shape index (κ1) is 24.2. The second-order valence-corrected chi connectivity index (χ2v) is 8.42. The molecule has 4 rings (SSSR count). The standard InChI is InChI=1S/C24H29F3N6O/c1-15(17-5-4-6-18(22(17)25)23(26)27)29-24-19-13-21(28-14-20(19)30-16(2)31-24)33-9-7-32(8-10-33)11-12-34-3/h4-6,13-15,23H,7-12H2,1-3H3,(H,29,30,31). The average molecular weight is 475 g/mol. The fraction of sp³-hybridized carbons (Fsp3) is 0.458. The summed E-state index contributed by atoms with van der Waals surface area (Å²) in [6.07, 6.45) is -1.16. The van der Waals surface area contributed by atoms with E-state index < -0.39 is 23.8 Å². The van der Waals surface area contributed by atoms with Gasteiger partial charge in [-0.2, -0.15) is 0 Å². The maximum Gasteiger partial charge on any atom is 0.266 e. The Bertz CT molecular complexity index is 1140. The van der Waals surface area contributed by atoms with E-state index in [0.29, 0.717) is 23.8 Å². The molecule has 0 radical (unpaired) electrons. The molecular weight excluding hydrogens is 445 g/mol. The molecule has 182 valence electrons. The van der Waals surface area contributed by atoms with E-state index in [0.717, 1.165) is 50.0 Å². The monoisotopic (exact) mass is 474 g/mol. The molecule has 0 spiro atoms. The van der Waals surface area contributed by atoms with Crippen LogP contribution in [0.1, 0.15) is 36.3 Å². The SMILES string of the molecule is COCCN1CCN(c2cc3c(NC(C)c4cccc(C(F)F)c4F)nc(C)nc3cn2)CC1. The van der Waals surface area contributed by atoms with Crippen LogP contribution in [0.4, 0.5) is 24.8 Å². The van der Waals surface area contributed by atoms with Crippen LogP contribution in [0.5, 0.6) is 0 Å². The fourth-order valence-electron chi connectivity index (χ4n) is 4.20. The lowest BCUT2D eigenvalue weighted by molar-refractivity contribution is 0.144. The van der Waals surface area contributed by atoms with Crippen molar-refractivity contribution < 1.29 is 17.9 Å². The molecule has 10 heteroatoms. The Morgan fingerprint density at radius 1 is 1.12 bits per heavy atom. The van der Waals surface area contributed by atoms with Crippen LogP contribution in [0.25, 0.3) is 10.9 Å². The van der Waals surface area contributed by atoms with Gasteiger partial charge in [0.25, 0.3) is 6.43 Å². The van der Waals surface area contributed by atoms with E-state index >= 15 is 0 Å². The number of nitrogens with zero attached hydrogens (tertiary/aromatic N) is 5. The van der Waals surface area contributed by atoms with Crippen LogP contribution in [0, 0.1) is 12.7 Å². The Kier molecular flexibility index (Phi) is 7.47. The number of alkyl halides is 2. The van der Waals surface area contributed by atoms with Gasteiger partial charge in [-0.15, -0.1) is 0 Å². The van der Waals surface area contributed by atoms with Crippen molar-refractivity contribution in [3.8, 4) is 0 Å². The third kappa shape index (κ3) is 5.23. The number of halogens is 3. The largest absolute Gasteiger partial charge is 0.383 e. The number of ether oxygens (including phenoxy) is 1. The van der Waals surface area contributed by atoms with Crippen molar-refractivity contribution in [2.45, 2.75) is 26.3 Å². The summed E-state index contributed by atoms with van der Waals surface area (Å²) in [5.74, 6) is 0.957. The highest BCUT2D eigenvalue weighted by atomic mass is 19.3. The predicted molar refractivity (Wildman–Crippen MR) is 126 cm³/mol. The van der Waals surface area contributed by atoms with Crippen molar-refractivity contribution in [2.75, 3.05) is 56.7 Å². The van der Waals surface area contributed by atoms with Gasteiger partial charge in [-0.1, -0.05) is 18.2 Å². The second kappa shape index (κ2) is 10.5. The summed E-state index contributed by atoms with van der Waals surface area (Å²) in [6, 6.07) is 5.40. The van der Waals surface area contributed by atoms with Crippen LogP contribution in [0.2, 0.25) is 0 Å². The molecule has 1 fully saturated rings. The van der Waals surface area contributed by atoms with E-state index in [9.17, 15) is 13.2 Å². The summed E-state index contributed by atoms with van der Waals surface area (Å²) in [4.78, 5) is 18.2. The van der Waals surface area contributed by atoms with Gasteiger partial charge in [0.1, 0.15) is 23.3 Å². The van der Waals surface area contributed by atoms with Crippen LogP contribution in [0.3, 0.4) is 0 Å². The van der Waals surface area contributed by atoms with Gasteiger partial charge in [0.15, 0.2) is 0 Å². The lowest BCUT2D eigenvalue weighted by Crippen LogP contribution is -2.47. The maximum atomic E-state index is 14.7. The molecule has 34 heavy (non-hydrogen) atoms. The Labute approximate surface area is 197 Å². The first-order valence-corrected chi connectivity index (χ1v) is 11.3. The number of nitrogens with one attached hydrogen (secondary N) is 1. The van der Waals surface area contributed by atoms with Crippen molar-refractivity contribution in [1.29, 1.82) is 0 Å². The summed E-state index contributed by atoms with van der Waals surface area (Å²) in [7, 11) is 1.70. The minimum Gasteiger partial charge on any atom is -0.383 e. The van der Waals surface area contributed by atoms with Crippen LogP contribution in [0.15, 0.2) is 30.5 Å². The van der Waals surface area contributed by atoms with Crippen LogP contribution >= 0.6 is 0 Å². The van der Waals surface area contributed by atoms with E-state index in [2.05, 4.69) is 30.1 Å². The highest BCUT2D eigenvalue weighted by Gasteiger charge is 2.22. The number of piperazine rings is 1. The first-order valence-electron chi connectivity index (χ1n) is 11.3. The van der Waals surface area contributed by atoms with Crippen molar-refractivity contribution in [2.24, 2.45) is 0 Å². The Morgan fingerprint density at radius 3 is 2.56 bits per heavy atom. The molecule has 1 aliphatic rings. The zero-order chi connectivity index (χ0) is 24.2. The number of aryl methyl sites for hydroxylation is 1. The number of aromatic nitrogens is 3. The van der Waals surface area contributed by atoms with E-state index in [4.69, 9.17) is 4.74 Å². The lowest BCUT2D eigenvalue weighted by Gasteiger charge is -2.35. The Hall–Kier alpha value is -2.98. The zero-order valence-electron chi connectivity index (χ0n) is 19.6.